The van der Waals surface area contributed by atoms with Crippen molar-refractivity contribution in [3.8, 4) is 11.5 Å². The molecule has 0 saturated heterocycles. The van der Waals surface area contributed by atoms with Crippen molar-refractivity contribution in [1.82, 2.24) is 0 Å². The van der Waals surface area contributed by atoms with Gasteiger partial charge in [-0.25, -0.2) is 19.2 Å². The van der Waals surface area contributed by atoms with Gasteiger partial charge in [0.2, 0.25) is 0 Å². The van der Waals surface area contributed by atoms with Gasteiger partial charge in [-0.15, -0.1) is 0 Å². The number of hydrogen-bond donors (Lipinski definition) is 6. The number of benzene rings is 2. The van der Waals surface area contributed by atoms with E-state index in [1.165, 1.54) is 18.1 Å². The van der Waals surface area contributed by atoms with E-state index in [0.29, 0.717) is 35.2 Å². The molecule has 2 aromatic rings. The van der Waals surface area contributed by atoms with E-state index in [4.69, 9.17) is 24.4 Å². The number of carboxylic acid groups (broad SMARTS) is 2. The number of aliphatic carboxylic acids is 2. The molecular weight excluding hydrogens is 837 g/mol. The summed E-state index contributed by atoms with van der Waals surface area (Å²) in [7, 11) is 0. The molecular formula is C51H74O14. The molecule has 14 nitrogen and oxygen atoms in total. The lowest BCUT2D eigenvalue weighted by Gasteiger charge is -2.32. The van der Waals surface area contributed by atoms with Crippen LogP contribution in [0.4, 0.5) is 0 Å². The summed E-state index contributed by atoms with van der Waals surface area (Å²) in [4.78, 5) is 45.0. The van der Waals surface area contributed by atoms with Gasteiger partial charge in [0.25, 0.3) is 0 Å². The lowest BCUT2D eigenvalue weighted by Crippen LogP contribution is -2.29. The van der Waals surface area contributed by atoms with Crippen LogP contribution < -0.4 is 9.47 Å². The summed E-state index contributed by atoms with van der Waals surface area (Å²) in [5.74, 6) is -0.737. The molecule has 0 amide bonds. The van der Waals surface area contributed by atoms with E-state index in [2.05, 4.69) is 30.7 Å². The highest BCUT2D eigenvalue weighted by Gasteiger charge is 2.46. The Bertz CT molecular complexity index is 1850. The Morgan fingerprint density at radius 3 is 1.52 bits per heavy atom. The predicted octanol–water partition coefficient (Wildman–Crippen LogP) is 6.64. The summed E-state index contributed by atoms with van der Waals surface area (Å²) >= 11 is 0. The second-order valence-electron chi connectivity index (χ2n) is 18.9. The molecule has 362 valence electrons. The van der Waals surface area contributed by atoms with Crippen LogP contribution in [0.3, 0.4) is 0 Å². The highest BCUT2D eigenvalue weighted by Crippen LogP contribution is 2.50. The second kappa shape index (κ2) is 25.6. The number of carbonyl (C=O) groups excluding carboxylic acids is 2. The quantitative estimate of drug-likeness (QED) is 0.0480. The third-order valence-corrected chi connectivity index (χ3v) is 14.3. The molecule has 2 saturated carbocycles. The standard InChI is InChI=1S/C26H38O7.C25H36O7/c1-3-4-5-8-19(27)10-11-20-21-12-17-7-6-9-24(22(17)13-18(21)14-23(20)28)32-15-25(29)33-16(2)26(30)31;1-2-3-4-7-18(26)9-10-19-20-11-16-6-5-8-23(21(16)12-17(20)13-22(19)27)31-15-25(30)32-14-24(28)29/h6-7,9,16,18-21,23,27-28H,3-5,8,10-15H2,1-2H3,(H,30,31);5-6,8,17-20,22,26-27H,2-4,7,9-15H2,1H3,(H,28,29)/t16-,18+,19+,20-,21+,23-;17-,18-,19+,20-,22+/m10/s1. The van der Waals surface area contributed by atoms with Crippen LogP contribution >= 0.6 is 0 Å². The molecule has 0 aliphatic heterocycles. The van der Waals surface area contributed by atoms with Gasteiger partial charge in [0.1, 0.15) is 11.5 Å². The molecule has 0 radical (unpaired) electrons. The summed E-state index contributed by atoms with van der Waals surface area (Å²) in [6.07, 6.45) is 13.8. The van der Waals surface area contributed by atoms with E-state index in [1.807, 2.05) is 24.3 Å². The van der Waals surface area contributed by atoms with Crippen molar-refractivity contribution in [3.63, 3.8) is 0 Å². The molecule has 2 fully saturated rings. The van der Waals surface area contributed by atoms with Crippen molar-refractivity contribution in [2.75, 3.05) is 19.8 Å². The molecule has 4 aliphatic carbocycles. The van der Waals surface area contributed by atoms with Crippen LogP contribution in [0.1, 0.15) is 133 Å². The van der Waals surface area contributed by atoms with Gasteiger partial charge >= 0.3 is 23.9 Å². The fourth-order valence-corrected chi connectivity index (χ4v) is 10.9. The van der Waals surface area contributed by atoms with Crippen molar-refractivity contribution in [1.29, 1.82) is 0 Å². The lowest BCUT2D eigenvalue weighted by molar-refractivity contribution is -0.163. The number of carbonyl (C=O) groups is 4. The number of esters is 2. The van der Waals surface area contributed by atoms with E-state index in [1.54, 1.807) is 0 Å². The molecule has 2 aromatic carbocycles. The van der Waals surface area contributed by atoms with E-state index >= 15 is 0 Å². The van der Waals surface area contributed by atoms with E-state index in [-0.39, 0.29) is 49.5 Å². The van der Waals surface area contributed by atoms with Crippen LogP contribution in [0.5, 0.6) is 11.5 Å². The van der Waals surface area contributed by atoms with Crippen molar-refractivity contribution >= 4 is 23.9 Å². The summed E-state index contributed by atoms with van der Waals surface area (Å²) in [5, 5.41) is 59.6. The lowest BCUT2D eigenvalue weighted by atomic mass is 9.73. The Morgan fingerprint density at radius 2 is 1.09 bits per heavy atom. The number of ether oxygens (including phenoxy) is 4. The maximum atomic E-state index is 11.9. The highest BCUT2D eigenvalue weighted by atomic mass is 16.6. The number of aliphatic hydroxyl groups excluding tert-OH is 4. The molecule has 11 atom stereocenters. The minimum atomic E-state index is -1.21. The largest absolute Gasteiger partial charge is 0.482 e. The van der Waals surface area contributed by atoms with E-state index in [9.17, 15) is 39.6 Å². The van der Waals surface area contributed by atoms with Crippen molar-refractivity contribution in [3.05, 3.63) is 58.7 Å². The molecule has 6 N–H and O–H groups in total. The summed E-state index contributed by atoms with van der Waals surface area (Å²) < 4.78 is 20.8. The fraction of sp³-hybridized carbons (Fsp3) is 0.686. The topological polar surface area (TPSA) is 227 Å². The Morgan fingerprint density at radius 1 is 0.631 bits per heavy atom. The van der Waals surface area contributed by atoms with Gasteiger partial charge in [-0.3, -0.25) is 0 Å². The van der Waals surface area contributed by atoms with Crippen LogP contribution in [0.15, 0.2) is 36.4 Å². The third kappa shape index (κ3) is 15.1. The van der Waals surface area contributed by atoms with Gasteiger partial charge in [0.15, 0.2) is 25.9 Å². The average molecular weight is 911 g/mol. The summed E-state index contributed by atoms with van der Waals surface area (Å²) in [6, 6.07) is 11.6. The van der Waals surface area contributed by atoms with E-state index < -0.39 is 36.6 Å². The van der Waals surface area contributed by atoms with Gasteiger partial charge in [-0.05, 0) is 154 Å². The van der Waals surface area contributed by atoms with Gasteiger partial charge < -0.3 is 49.6 Å². The van der Waals surface area contributed by atoms with Crippen LogP contribution in [-0.2, 0) is 54.3 Å². The summed E-state index contributed by atoms with van der Waals surface area (Å²) in [6.45, 7) is 4.26. The second-order valence-corrected chi connectivity index (χ2v) is 18.9. The normalized spacial score (nSPS) is 25.3. The monoisotopic (exact) mass is 911 g/mol. The first kappa shape index (κ1) is 51.7. The maximum absolute atomic E-state index is 11.9. The Kier molecular flexibility index (Phi) is 20.4. The molecule has 0 bridgehead atoms. The number of aliphatic hydroxyl groups is 4. The first-order valence-electron chi connectivity index (χ1n) is 24.2. The maximum Gasteiger partial charge on any atom is 0.345 e. The zero-order valence-electron chi connectivity index (χ0n) is 38.6. The Labute approximate surface area is 384 Å². The van der Waals surface area contributed by atoms with Crippen LogP contribution in [0, 0.1) is 35.5 Å². The molecule has 14 heteroatoms. The minimum Gasteiger partial charge on any atom is -0.482 e. The van der Waals surface area contributed by atoms with Crippen LogP contribution in [-0.4, -0.2) is 105 Å². The van der Waals surface area contributed by atoms with Gasteiger partial charge in [-0.1, -0.05) is 76.6 Å². The molecule has 6 rings (SSSR count). The number of fused-ring (bicyclic) bond motifs is 4. The molecule has 0 heterocycles. The predicted molar refractivity (Wildman–Crippen MR) is 241 cm³/mol. The zero-order valence-corrected chi connectivity index (χ0v) is 38.6. The van der Waals surface area contributed by atoms with Gasteiger partial charge in [0, 0.05) is 0 Å². The minimum absolute atomic E-state index is 0.195. The Hall–Kier alpha value is -4.24. The first-order valence-corrected chi connectivity index (χ1v) is 24.2. The number of rotatable bonds is 24. The van der Waals surface area contributed by atoms with Gasteiger partial charge in [0.05, 0.1) is 24.4 Å². The molecule has 0 aromatic heterocycles. The average Bonchev–Trinajstić information content (AvgIpc) is 3.76. The summed E-state index contributed by atoms with van der Waals surface area (Å²) in [5.41, 5.74) is 4.46. The molecule has 4 aliphatic rings. The van der Waals surface area contributed by atoms with Crippen molar-refractivity contribution in [2.45, 2.75) is 167 Å². The number of carboxylic acids is 2. The smallest absolute Gasteiger partial charge is 0.345 e. The molecule has 0 unspecified atom stereocenters. The van der Waals surface area contributed by atoms with Crippen molar-refractivity contribution < 1.29 is 68.8 Å². The third-order valence-electron chi connectivity index (χ3n) is 14.3. The fourth-order valence-electron chi connectivity index (χ4n) is 10.9. The van der Waals surface area contributed by atoms with Crippen LogP contribution in [0.2, 0.25) is 0 Å². The SMILES string of the molecule is CCCCC[C@H](O)CC[C@@H]1[C@H]2Cc3cccc(OCC(=O)OCC(=O)O)c3C[C@H]2C[C@H]1O.CCCCC[C@H](O)CC[C@@H]1[C@H]2Cc3cccc(OCC(=O)O[C@H](C)C(=O)O)c3C[C@H]2C[C@H]1O. The number of hydrogen-bond acceptors (Lipinski definition) is 12. The molecule has 0 spiro atoms. The van der Waals surface area contributed by atoms with E-state index in [0.717, 1.165) is 127 Å². The first-order chi connectivity index (χ1) is 31.2. The number of unbranched alkanes of at least 4 members (excludes halogenated alkanes) is 4. The van der Waals surface area contributed by atoms with Crippen LogP contribution in [0.25, 0.3) is 0 Å². The molecule has 65 heavy (non-hydrogen) atoms. The van der Waals surface area contributed by atoms with Gasteiger partial charge in [-0.2, -0.15) is 0 Å². The zero-order chi connectivity index (χ0) is 47.0. The Balaban J connectivity index is 0.000000244. The highest BCUT2D eigenvalue weighted by molar-refractivity contribution is 5.78. The van der Waals surface area contributed by atoms with Crippen molar-refractivity contribution in [2.24, 2.45) is 35.5 Å².